The monoisotopic (exact) mass is 364 g/mol. The van der Waals surface area contributed by atoms with E-state index in [1.165, 1.54) is 16.9 Å². The van der Waals surface area contributed by atoms with Gasteiger partial charge in [0.2, 0.25) is 10.0 Å². The summed E-state index contributed by atoms with van der Waals surface area (Å²) in [6.45, 7) is 1.42. The van der Waals surface area contributed by atoms with E-state index in [0.29, 0.717) is 38.0 Å². The first-order valence-electron chi connectivity index (χ1n) is 7.97. The highest BCUT2D eigenvalue weighted by Crippen LogP contribution is 2.14. The number of tetrazole rings is 1. The molecule has 1 amide bonds. The largest absolute Gasteiger partial charge is 0.349 e. The van der Waals surface area contributed by atoms with Gasteiger partial charge in [-0.25, -0.2) is 17.4 Å². The third kappa shape index (κ3) is 4.60. The molecule has 0 unspecified atom stereocenters. The summed E-state index contributed by atoms with van der Waals surface area (Å²) in [7, 11) is -3.15. The Morgan fingerprint density at radius 3 is 2.48 bits per heavy atom. The van der Waals surface area contributed by atoms with Crippen LogP contribution < -0.4 is 5.32 Å². The van der Waals surface area contributed by atoms with Gasteiger partial charge in [0.15, 0.2) is 0 Å². The normalized spacial score (nSPS) is 16.7. The van der Waals surface area contributed by atoms with Gasteiger partial charge in [-0.3, -0.25) is 4.79 Å². The summed E-state index contributed by atoms with van der Waals surface area (Å²) >= 11 is 0. The predicted molar refractivity (Wildman–Crippen MR) is 90.3 cm³/mol. The molecule has 1 N–H and O–H groups in total. The number of hydrogen-bond donors (Lipinski definition) is 1. The molecule has 1 aliphatic heterocycles. The van der Waals surface area contributed by atoms with Crippen molar-refractivity contribution < 1.29 is 13.2 Å². The van der Waals surface area contributed by atoms with E-state index in [2.05, 4.69) is 20.8 Å². The maximum atomic E-state index is 12.3. The minimum atomic E-state index is -3.15. The number of carbonyl (C=O) groups excluding carboxylic acids is 1. The molecule has 0 bridgehead atoms. The summed E-state index contributed by atoms with van der Waals surface area (Å²) in [5.41, 5.74) is 1.57. The highest BCUT2D eigenvalue weighted by atomic mass is 32.2. The van der Waals surface area contributed by atoms with Crippen LogP contribution in [0.1, 0.15) is 28.8 Å². The molecular formula is C15H20N6O3S. The van der Waals surface area contributed by atoms with Crippen LogP contribution in [0.5, 0.6) is 0 Å². The first-order valence-corrected chi connectivity index (χ1v) is 9.82. The molecule has 0 aliphatic carbocycles. The molecule has 0 radical (unpaired) electrons. The summed E-state index contributed by atoms with van der Waals surface area (Å²) in [6, 6.07) is 7.25. The molecule has 1 aromatic heterocycles. The van der Waals surface area contributed by atoms with E-state index in [1.54, 1.807) is 16.8 Å². The lowest BCUT2D eigenvalue weighted by molar-refractivity contribution is 0.0924. The van der Waals surface area contributed by atoms with E-state index in [0.717, 1.165) is 5.56 Å². The van der Waals surface area contributed by atoms with Crippen LogP contribution in [0.3, 0.4) is 0 Å². The highest BCUT2D eigenvalue weighted by Gasteiger charge is 2.25. The third-order valence-electron chi connectivity index (χ3n) is 4.21. The number of sulfonamides is 1. The SMILES string of the molecule is CS(=O)(=O)N1CCC(NC(=O)c2ccc(Cn3cnnn3)cc2)CC1. The molecule has 0 saturated carbocycles. The van der Waals surface area contributed by atoms with E-state index in [9.17, 15) is 13.2 Å². The second kappa shape index (κ2) is 7.28. The first-order chi connectivity index (χ1) is 11.9. The lowest BCUT2D eigenvalue weighted by atomic mass is 10.1. The number of nitrogens with zero attached hydrogens (tertiary/aromatic N) is 5. The van der Waals surface area contributed by atoms with Gasteiger partial charge in [0.1, 0.15) is 6.33 Å². The molecule has 0 atom stereocenters. The Morgan fingerprint density at radius 1 is 1.24 bits per heavy atom. The summed E-state index contributed by atoms with van der Waals surface area (Å²) in [6.07, 6.45) is 3.98. The Kier molecular flexibility index (Phi) is 5.09. The van der Waals surface area contributed by atoms with Crippen LogP contribution in [-0.4, -0.2) is 64.2 Å². The van der Waals surface area contributed by atoms with Crippen molar-refractivity contribution in [3.8, 4) is 0 Å². The van der Waals surface area contributed by atoms with Gasteiger partial charge in [-0.1, -0.05) is 12.1 Å². The summed E-state index contributed by atoms with van der Waals surface area (Å²) in [5, 5.41) is 13.9. The lowest BCUT2D eigenvalue weighted by Crippen LogP contribution is -2.46. The molecule has 2 aromatic rings. The van der Waals surface area contributed by atoms with Crippen molar-refractivity contribution in [1.82, 2.24) is 29.8 Å². The van der Waals surface area contributed by atoms with Gasteiger partial charge in [-0.2, -0.15) is 0 Å². The van der Waals surface area contributed by atoms with Crippen molar-refractivity contribution in [1.29, 1.82) is 0 Å². The van der Waals surface area contributed by atoms with Crippen LogP contribution in [0.25, 0.3) is 0 Å². The number of piperidine rings is 1. The van der Waals surface area contributed by atoms with Gasteiger partial charge in [0.05, 0.1) is 12.8 Å². The van der Waals surface area contributed by atoms with E-state index >= 15 is 0 Å². The number of rotatable bonds is 5. The number of hydrogen-bond acceptors (Lipinski definition) is 6. The third-order valence-corrected chi connectivity index (χ3v) is 5.51. The molecule has 1 saturated heterocycles. The van der Waals surface area contributed by atoms with Crippen molar-refractivity contribution in [3.63, 3.8) is 0 Å². The fourth-order valence-corrected chi connectivity index (χ4v) is 3.68. The van der Waals surface area contributed by atoms with Gasteiger partial charge in [-0.05, 0) is 41.0 Å². The van der Waals surface area contributed by atoms with Crippen LogP contribution in [0.4, 0.5) is 0 Å². The van der Waals surface area contributed by atoms with Crippen molar-refractivity contribution in [2.24, 2.45) is 0 Å². The zero-order valence-electron chi connectivity index (χ0n) is 13.9. The second-order valence-corrected chi connectivity index (χ2v) is 8.10. The average molecular weight is 364 g/mol. The maximum Gasteiger partial charge on any atom is 0.251 e. The van der Waals surface area contributed by atoms with Gasteiger partial charge in [0.25, 0.3) is 5.91 Å². The Balaban J connectivity index is 1.53. The average Bonchev–Trinajstić information content (AvgIpc) is 3.08. The Bertz CT molecular complexity index is 811. The van der Waals surface area contributed by atoms with Gasteiger partial charge in [-0.15, -0.1) is 5.10 Å². The molecule has 1 aliphatic rings. The molecule has 0 spiro atoms. The van der Waals surface area contributed by atoms with E-state index in [-0.39, 0.29) is 11.9 Å². The molecule has 10 heteroatoms. The summed E-state index contributed by atoms with van der Waals surface area (Å²) < 4.78 is 26.1. The summed E-state index contributed by atoms with van der Waals surface area (Å²) in [4.78, 5) is 12.3. The predicted octanol–water partition coefficient (Wildman–Crippen LogP) is -0.125. The fraction of sp³-hybridized carbons (Fsp3) is 0.467. The maximum absolute atomic E-state index is 12.3. The molecular weight excluding hydrogens is 344 g/mol. The van der Waals surface area contributed by atoms with Gasteiger partial charge >= 0.3 is 0 Å². The second-order valence-electron chi connectivity index (χ2n) is 6.11. The molecule has 25 heavy (non-hydrogen) atoms. The minimum Gasteiger partial charge on any atom is -0.349 e. The zero-order valence-corrected chi connectivity index (χ0v) is 14.7. The lowest BCUT2D eigenvalue weighted by Gasteiger charge is -2.30. The van der Waals surface area contributed by atoms with Crippen molar-refractivity contribution in [2.45, 2.75) is 25.4 Å². The summed E-state index contributed by atoms with van der Waals surface area (Å²) in [5.74, 6) is -0.147. The van der Waals surface area contributed by atoms with E-state index in [1.807, 2.05) is 12.1 Å². The number of amides is 1. The smallest absolute Gasteiger partial charge is 0.251 e. The van der Waals surface area contributed by atoms with Crippen molar-refractivity contribution in [2.75, 3.05) is 19.3 Å². The fourth-order valence-electron chi connectivity index (χ4n) is 2.80. The quantitative estimate of drug-likeness (QED) is 0.792. The standard InChI is InChI=1S/C15H20N6O3S/c1-25(23,24)21-8-6-14(7-9-21)17-15(22)13-4-2-12(3-5-13)10-20-11-16-18-19-20/h2-5,11,14H,6-10H2,1H3,(H,17,22). The Labute approximate surface area is 146 Å². The number of benzene rings is 1. The molecule has 2 heterocycles. The molecule has 1 aromatic carbocycles. The van der Waals surface area contributed by atoms with Crippen LogP contribution in [-0.2, 0) is 16.6 Å². The van der Waals surface area contributed by atoms with Crippen LogP contribution in [0, 0.1) is 0 Å². The molecule has 134 valence electrons. The van der Waals surface area contributed by atoms with Crippen molar-refractivity contribution >= 4 is 15.9 Å². The van der Waals surface area contributed by atoms with E-state index in [4.69, 9.17) is 0 Å². The van der Waals surface area contributed by atoms with Crippen molar-refractivity contribution in [3.05, 3.63) is 41.7 Å². The van der Waals surface area contributed by atoms with Crippen LogP contribution in [0.15, 0.2) is 30.6 Å². The zero-order chi connectivity index (χ0) is 17.9. The minimum absolute atomic E-state index is 0.00796. The Hall–Kier alpha value is -2.33. The Morgan fingerprint density at radius 2 is 1.92 bits per heavy atom. The number of aromatic nitrogens is 4. The molecule has 1 fully saturated rings. The van der Waals surface area contributed by atoms with Crippen LogP contribution >= 0.6 is 0 Å². The van der Waals surface area contributed by atoms with Gasteiger partial charge in [0, 0.05) is 24.7 Å². The number of carbonyl (C=O) groups is 1. The van der Waals surface area contributed by atoms with Crippen LogP contribution in [0.2, 0.25) is 0 Å². The first kappa shape index (κ1) is 17.5. The molecule has 9 nitrogen and oxygen atoms in total. The van der Waals surface area contributed by atoms with Gasteiger partial charge < -0.3 is 5.32 Å². The number of nitrogens with one attached hydrogen (secondary N) is 1. The van der Waals surface area contributed by atoms with E-state index < -0.39 is 10.0 Å². The highest BCUT2D eigenvalue weighted by molar-refractivity contribution is 7.88. The topological polar surface area (TPSA) is 110 Å². The molecule has 3 rings (SSSR count).